The van der Waals surface area contributed by atoms with Crippen LogP contribution in [0.5, 0.6) is 17.2 Å². The lowest BCUT2D eigenvalue weighted by Crippen LogP contribution is -2.34. The minimum atomic E-state index is -0.416. The SMILES string of the molecule is C=C(C)C(=O)OCCCCCCCCC[C@@](C)(COc1ccc(OC(=O)c2ccc(OCCCCCCC)cc2)cc1)OC. The molecule has 0 bridgehead atoms. The van der Waals surface area contributed by atoms with Crippen molar-refractivity contribution in [3.63, 3.8) is 0 Å². The third-order valence-electron chi connectivity index (χ3n) is 7.61. The molecule has 2 aromatic carbocycles. The summed E-state index contributed by atoms with van der Waals surface area (Å²) in [7, 11) is 1.72. The summed E-state index contributed by atoms with van der Waals surface area (Å²) in [6.45, 7) is 11.1. The Morgan fingerprint density at radius 1 is 0.705 bits per heavy atom. The van der Waals surface area contributed by atoms with Gasteiger partial charge in [-0.25, -0.2) is 9.59 Å². The van der Waals surface area contributed by atoms with Crippen LogP contribution in [-0.4, -0.2) is 44.5 Å². The first-order chi connectivity index (χ1) is 21.3. The highest BCUT2D eigenvalue weighted by molar-refractivity contribution is 5.91. The van der Waals surface area contributed by atoms with Crippen molar-refractivity contribution in [2.45, 2.75) is 110 Å². The van der Waals surface area contributed by atoms with Crippen molar-refractivity contribution in [3.8, 4) is 17.2 Å². The zero-order chi connectivity index (χ0) is 32.0. The van der Waals surface area contributed by atoms with Crippen LogP contribution in [0.4, 0.5) is 0 Å². The Balaban J connectivity index is 1.63. The smallest absolute Gasteiger partial charge is 0.343 e. The average molecular weight is 611 g/mol. The number of unbranched alkanes of at least 4 members (excludes halogenated alkanes) is 10. The highest BCUT2D eigenvalue weighted by atomic mass is 16.5. The van der Waals surface area contributed by atoms with Gasteiger partial charge in [-0.1, -0.05) is 77.7 Å². The molecule has 0 aliphatic carbocycles. The first-order valence-electron chi connectivity index (χ1n) is 16.3. The Labute approximate surface area is 265 Å². The van der Waals surface area contributed by atoms with Gasteiger partial charge in [-0.15, -0.1) is 0 Å². The number of methoxy groups -OCH3 is 1. The van der Waals surface area contributed by atoms with Gasteiger partial charge in [0.2, 0.25) is 0 Å². The lowest BCUT2D eigenvalue weighted by Gasteiger charge is -2.28. The maximum Gasteiger partial charge on any atom is 0.343 e. The molecule has 0 radical (unpaired) electrons. The van der Waals surface area contributed by atoms with Crippen LogP contribution in [0, 0.1) is 0 Å². The first-order valence-corrected chi connectivity index (χ1v) is 16.3. The number of rotatable bonds is 24. The van der Waals surface area contributed by atoms with Crippen molar-refractivity contribution in [2.24, 2.45) is 0 Å². The number of esters is 2. The summed E-state index contributed by atoms with van der Waals surface area (Å²) in [6.07, 6.45) is 14.5. The van der Waals surface area contributed by atoms with Crippen LogP contribution in [0.2, 0.25) is 0 Å². The molecule has 44 heavy (non-hydrogen) atoms. The lowest BCUT2D eigenvalue weighted by atomic mass is 9.98. The minimum absolute atomic E-state index is 0.306. The van der Waals surface area contributed by atoms with E-state index in [0.29, 0.717) is 42.5 Å². The molecule has 0 aliphatic rings. The molecule has 7 nitrogen and oxygen atoms in total. The van der Waals surface area contributed by atoms with Crippen LogP contribution < -0.4 is 14.2 Å². The third-order valence-corrected chi connectivity index (χ3v) is 7.61. The van der Waals surface area contributed by atoms with Gasteiger partial charge in [0.05, 0.1) is 24.4 Å². The fourth-order valence-electron chi connectivity index (χ4n) is 4.59. The van der Waals surface area contributed by atoms with Crippen molar-refractivity contribution in [1.29, 1.82) is 0 Å². The van der Waals surface area contributed by atoms with E-state index in [9.17, 15) is 9.59 Å². The highest BCUT2D eigenvalue weighted by Crippen LogP contribution is 2.24. The quantitative estimate of drug-likeness (QED) is 0.0507. The molecule has 0 heterocycles. The first kappa shape index (κ1) is 36.9. The number of carbonyl (C=O) groups is 2. The number of ether oxygens (including phenoxy) is 5. The van der Waals surface area contributed by atoms with E-state index in [1.807, 2.05) is 12.1 Å². The van der Waals surface area contributed by atoms with Crippen molar-refractivity contribution in [2.75, 3.05) is 26.9 Å². The summed E-state index contributed by atoms with van der Waals surface area (Å²) >= 11 is 0. The van der Waals surface area contributed by atoms with Gasteiger partial charge in [-0.05, 0) is 81.6 Å². The Morgan fingerprint density at radius 2 is 1.23 bits per heavy atom. The number of benzene rings is 2. The maximum absolute atomic E-state index is 12.6. The molecule has 1 atom stereocenters. The van der Waals surface area contributed by atoms with E-state index < -0.39 is 5.97 Å². The molecular weight excluding hydrogens is 556 g/mol. The second-order valence-electron chi connectivity index (χ2n) is 11.7. The van der Waals surface area contributed by atoms with Gasteiger partial charge in [-0.2, -0.15) is 0 Å². The van der Waals surface area contributed by atoms with Gasteiger partial charge in [0.1, 0.15) is 23.9 Å². The number of hydrogen-bond acceptors (Lipinski definition) is 7. The van der Waals surface area contributed by atoms with Crippen LogP contribution in [0.25, 0.3) is 0 Å². The number of hydrogen-bond donors (Lipinski definition) is 0. The van der Waals surface area contributed by atoms with E-state index in [2.05, 4.69) is 20.4 Å². The monoisotopic (exact) mass is 610 g/mol. The van der Waals surface area contributed by atoms with Crippen molar-refractivity contribution < 1.29 is 33.3 Å². The van der Waals surface area contributed by atoms with Crippen molar-refractivity contribution >= 4 is 11.9 Å². The zero-order valence-corrected chi connectivity index (χ0v) is 27.5. The summed E-state index contributed by atoms with van der Waals surface area (Å²) in [5, 5.41) is 0. The van der Waals surface area contributed by atoms with Crippen LogP contribution in [0.3, 0.4) is 0 Å². The maximum atomic E-state index is 12.6. The fourth-order valence-corrected chi connectivity index (χ4v) is 4.59. The van der Waals surface area contributed by atoms with E-state index in [4.69, 9.17) is 23.7 Å². The fraction of sp³-hybridized carbons (Fsp3) is 0.568. The predicted molar refractivity (Wildman–Crippen MR) is 176 cm³/mol. The van der Waals surface area contributed by atoms with Crippen LogP contribution in [0.1, 0.15) is 115 Å². The molecule has 0 fully saturated rings. The summed E-state index contributed by atoms with van der Waals surface area (Å²) in [5.41, 5.74) is 0.531. The zero-order valence-electron chi connectivity index (χ0n) is 27.5. The van der Waals surface area contributed by atoms with Gasteiger partial charge in [0, 0.05) is 12.7 Å². The second-order valence-corrected chi connectivity index (χ2v) is 11.7. The molecule has 0 unspecified atom stereocenters. The van der Waals surface area contributed by atoms with Crippen LogP contribution >= 0.6 is 0 Å². The summed E-state index contributed by atoms with van der Waals surface area (Å²) < 4.78 is 28.3. The molecule has 0 spiro atoms. The van der Waals surface area contributed by atoms with E-state index in [0.717, 1.165) is 50.7 Å². The van der Waals surface area contributed by atoms with E-state index in [1.165, 1.54) is 38.5 Å². The van der Waals surface area contributed by atoms with Crippen molar-refractivity contribution in [1.82, 2.24) is 0 Å². The molecule has 0 aromatic heterocycles. The molecule has 0 aliphatic heterocycles. The summed E-state index contributed by atoms with van der Waals surface area (Å²) in [4.78, 5) is 24.0. The molecule has 0 N–H and O–H groups in total. The second kappa shape index (κ2) is 21.4. The number of carbonyl (C=O) groups excluding carboxylic acids is 2. The van der Waals surface area contributed by atoms with E-state index in [1.54, 1.807) is 50.4 Å². The normalized spacial score (nSPS) is 12.3. The molecule has 0 saturated heterocycles. The largest absolute Gasteiger partial charge is 0.494 e. The summed E-state index contributed by atoms with van der Waals surface area (Å²) in [5.74, 6) is 1.19. The van der Waals surface area contributed by atoms with Crippen LogP contribution in [0.15, 0.2) is 60.7 Å². The minimum Gasteiger partial charge on any atom is -0.494 e. The standard InChI is InChI=1S/C37H54O7/c1-6-7-8-13-16-27-41-32-20-18-31(19-21-32)36(39)44-34-24-22-33(23-25-34)43-29-37(4,40-5)26-15-12-10-9-11-14-17-28-42-35(38)30(2)3/h18-25H,2,6-17,26-29H2,1,3-5H3/t37-/m0/s1. The molecule has 244 valence electrons. The average Bonchev–Trinajstić information content (AvgIpc) is 3.03. The van der Waals surface area contributed by atoms with Gasteiger partial charge < -0.3 is 23.7 Å². The van der Waals surface area contributed by atoms with Crippen LogP contribution in [-0.2, 0) is 14.3 Å². The van der Waals surface area contributed by atoms with E-state index in [-0.39, 0.29) is 11.6 Å². The molecular formula is C37H54O7. The lowest BCUT2D eigenvalue weighted by molar-refractivity contribution is -0.139. The molecule has 0 amide bonds. The van der Waals surface area contributed by atoms with E-state index >= 15 is 0 Å². The van der Waals surface area contributed by atoms with Gasteiger partial charge in [0.15, 0.2) is 0 Å². The molecule has 7 heteroatoms. The molecule has 0 saturated carbocycles. The third kappa shape index (κ3) is 15.4. The Morgan fingerprint density at radius 3 is 1.84 bits per heavy atom. The molecule has 2 aromatic rings. The highest BCUT2D eigenvalue weighted by Gasteiger charge is 2.24. The summed E-state index contributed by atoms with van der Waals surface area (Å²) in [6, 6.07) is 14.1. The Hall–Kier alpha value is -3.32. The Kier molecular flexibility index (Phi) is 17.9. The van der Waals surface area contributed by atoms with Gasteiger partial charge >= 0.3 is 11.9 Å². The van der Waals surface area contributed by atoms with Gasteiger partial charge in [-0.3, -0.25) is 0 Å². The van der Waals surface area contributed by atoms with Crippen molar-refractivity contribution in [3.05, 3.63) is 66.2 Å². The Bertz CT molecular complexity index is 1090. The topological polar surface area (TPSA) is 80.3 Å². The van der Waals surface area contributed by atoms with Gasteiger partial charge in [0.25, 0.3) is 0 Å². The predicted octanol–water partition coefficient (Wildman–Crippen LogP) is 9.28. The molecule has 2 rings (SSSR count).